The lowest BCUT2D eigenvalue weighted by molar-refractivity contribution is 0.102. The molecule has 2 heterocycles. The van der Waals surface area contributed by atoms with Gasteiger partial charge in [0.25, 0.3) is 11.5 Å². The van der Waals surface area contributed by atoms with E-state index in [9.17, 15) is 14.0 Å². The van der Waals surface area contributed by atoms with E-state index in [4.69, 9.17) is 0 Å². The Bertz CT molecular complexity index is 951. The number of hydrogen-bond donors (Lipinski definition) is 1. The molecule has 0 saturated carbocycles. The van der Waals surface area contributed by atoms with Gasteiger partial charge in [-0.25, -0.2) is 14.1 Å². The van der Waals surface area contributed by atoms with Gasteiger partial charge in [0.15, 0.2) is 5.13 Å². The highest BCUT2D eigenvalue weighted by atomic mass is 32.1. The number of benzene rings is 1. The highest BCUT2D eigenvalue weighted by Gasteiger charge is 2.12. The number of anilines is 1. The lowest BCUT2D eigenvalue weighted by Crippen LogP contribution is -2.23. The molecule has 0 radical (unpaired) electrons. The zero-order chi connectivity index (χ0) is 17.1. The average molecular weight is 344 g/mol. The molecule has 8 heteroatoms. The number of aryl methyl sites for hydroxylation is 1. The molecular weight excluding hydrogens is 331 g/mol. The Hall–Kier alpha value is -2.87. The van der Waals surface area contributed by atoms with Gasteiger partial charge < -0.3 is 0 Å². The van der Waals surface area contributed by atoms with Crippen molar-refractivity contribution in [3.8, 4) is 0 Å². The van der Waals surface area contributed by atoms with Crippen LogP contribution < -0.4 is 10.9 Å². The van der Waals surface area contributed by atoms with Gasteiger partial charge in [-0.2, -0.15) is 5.10 Å². The molecule has 0 aliphatic rings. The number of thiazole rings is 1. The van der Waals surface area contributed by atoms with Gasteiger partial charge in [0.2, 0.25) is 0 Å². The number of hydrogen-bond acceptors (Lipinski definition) is 5. The van der Waals surface area contributed by atoms with E-state index in [0.717, 1.165) is 15.1 Å². The largest absolute Gasteiger partial charge is 0.296 e. The maximum absolute atomic E-state index is 13.2. The molecule has 24 heavy (non-hydrogen) atoms. The fraction of sp³-hybridized carbons (Fsp3) is 0.125. The summed E-state index contributed by atoms with van der Waals surface area (Å²) in [5.74, 6) is -0.733. The molecule has 1 N–H and O–H groups in total. The Morgan fingerprint density at radius 3 is 2.92 bits per heavy atom. The lowest BCUT2D eigenvalue weighted by atomic mass is 10.1. The van der Waals surface area contributed by atoms with Crippen LogP contribution in [0.25, 0.3) is 0 Å². The third-order valence-corrected chi connectivity index (χ3v) is 4.15. The second-order valence-corrected chi connectivity index (χ2v) is 6.19. The molecule has 0 aliphatic carbocycles. The van der Waals surface area contributed by atoms with Crippen LogP contribution in [0.5, 0.6) is 0 Å². The van der Waals surface area contributed by atoms with Gasteiger partial charge in [-0.3, -0.25) is 14.9 Å². The van der Waals surface area contributed by atoms with Crippen molar-refractivity contribution in [2.75, 3.05) is 5.32 Å². The molecule has 3 aromatic rings. The van der Waals surface area contributed by atoms with Crippen LogP contribution in [0, 0.1) is 5.82 Å². The number of halogens is 1. The topological polar surface area (TPSA) is 76.9 Å². The Balaban J connectivity index is 1.70. The molecule has 2 aromatic heterocycles. The SMILES string of the molecule is Cn1nc(C(=O)Nc2ncc(Cc3cccc(F)c3)s2)ccc1=O. The van der Waals surface area contributed by atoms with Crippen LogP contribution in [0.2, 0.25) is 0 Å². The molecule has 0 unspecified atom stereocenters. The molecule has 0 bridgehead atoms. The molecule has 0 atom stereocenters. The maximum Gasteiger partial charge on any atom is 0.277 e. The summed E-state index contributed by atoms with van der Waals surface area (Å²) in [6, 6.07) is 8.97. The highest BCUT2D eigenvalue weighted by molar-refractivity contribution is 7.15. The van der Waals surface area contributed by atoms with Crippen molar-refractivity contribution in [3.63, 3.8) is 0 Å². The van der Waals surface area contributed by atoms with Gasteiger partial charge in [0, 0.05) is 30.6 Å². The average Bonchev–Trinajstić information content (AvgIpc) is 2.97. The normalized spacial score (nSPS) is 10.6. The molecule has 122 valence electrons. The minimum atomic E-state index is -0.447. The van der Waals surface area contributed by atoms with Crippen molar-refractivity contribution in [3.05, 3.63) is 74.9 Å². The van der Waals surface area contributed by atoms with E-state index in [-0.39, 0.29) is 17.1 Å². The number of nitrogens with one attached hydrogen (secondary N) is 1. The molecule has 0 spiro atoms. The number of nitrogens with zero attached hydrogens (tertiary/aromatic N) is 3. The van der Waals surface area contributed by atoms with Crippen LogP contribution in [-0.2, 0) is 13.5 Å². The third-order valence-electron chi connectivity index (χ3n) is 3.23. The molecule has 0 fully saturated rings. The molecule has 6 nitrogen and oxygen atoms in total. The highest BCUT2D eigenvalue weighted by Crippen LogP contribution is 2.21. The summed E-state index contributed by atoms with van der Waals surface area (Å²) in [5, 5.41) is 6.94. The first-order valence-corrected chi connectivity index (χ1v) is 7.88. The number of rotatable bonds is 4. The number of carbonyl (C=O) groups excluding carboxylic acids is 1. The summed E-state index contributed by atoms with van der Waals surface area (Å²) in [6.45, 7) is 0. The number of aromatic nitrogens is 3. The van der Waals surface area contributed by atoms with Crippen molar-refractivity contribution in [2.24, 2.45) is 7.05 Å². The van der Waals surface area contributed by atoms with E-state index in [1.54, 1.807) is 12.3 Å². The molecular formula is C16H13FN4O2S. The van der Waals surface area contributed by atoms with Crippen LogP contribution in [0.4, 0.5) is 9.52 Å². The van der Waals surface area contributed by atoms with Crippen molar-refractivity contribution in [1.29, 1.82) is 0 Å². The van der Waals surface area contributed by atoms with E-state index >= 15 is 0 Å². The van der Waals surface area contributed by atoms with Crippen LogP contribution in [0.3, 0.4) is 0 Å². The second-order valence-electron chi connectivity index (χ2n) is 5.07. The van der Waals surface area contributed by atoms with Crippen LogP contribution in [0.1, 0.15) is 20.9 Å². The van der Waals surface area contributed by atoms with Crippen LogP contribution in [-0.4, -0.2) is 20.7 Å². The lowest BCUT2D eigenvalue weighted by Gasteiger charge is -2.02. The standard InChI is InChI=1S/C16H13FN4O2S/c1-21-14(22)6-5-13(20-21)15(23)19-16-18-9-12(24-16)8-10-3-2-4-11(17)7-10/h2-7,9H,8H2,1H3,(H,18,19,23). The summed E-state index contributed by atoms with van der Waals surface area (Å²) < 4.78 is 14.3. The third kappa shape index (κ3) is 3.72. The second kappa shape index (κ2) is 6.71. The van der Waals surface area contributed by atoms with E-state index in [1.165, 1.54) is 42.6 Å². The van der Waals surface area contributed by atoms with E-state index in [2.05, 4.69) is 15.4 Å². The Kier molecular flexibility index (Phi) is 4.48. The van der Waals surface area contributed by atoms with Gasteiger partial charge in [-0.1, -0.05) is 12.1 Å². The van der Waals surface area contributed by atoms with Crippen molar-refractivity contribution < 1.29 is 9.18 Å². The van der Waals surface area contributed by atoms with Crippen LogP contribution in [0.15, 0.2) is 47.4 Å². The van der Waals surface area contributed by atoms with Crippen molar-refractivity contribution in [1.82, 2.24) is 14.8 Å². The first kappa shape index (κ1) is 16.0. The predicted octanol–water partition coefficient (Wildman–Crippen LogP) is 2.22. The summed E-state index contributed by atoms with van der Waals surface area (Å²) in [6.07, 6.45) is 2.17. The molecule has 0 saturated heterocycles. The maximum atomic E-state index is 13.2. The van der Waals surface area contributed by atoms with Gasteiger partial charge in [-0.05, 0) is 23.8 Å². The molecule has 0 aliphatic heterocycles. The monoisotopic (exact) mass is 344 g/mol. The van der Waals surface area contributed by atoms with E-state index < -0.39 is 5.91 Å². The molecule has 1 amide bonds. The smallest absolute Gasteiger partial charge is 0.277 e. The quantitative estimate of drug-likeness (QED) is 0.787. The Morgan fingerprint density at radius 1 is 1.33 bits per heavy atom. The van der Waals surface area contributed by atoms with Crippen molar-refractivity contribution in [2.45, 2.75) is 6.42 Å². The summed E-state index contributed by atoms with van der Waals surface area (Å²) in [5.41, 5.74) is 0.661. The zero-order valence-corrected chi connectivity index (χ0v) is 13.5. The first-order chi connectivity index (χ1) is 11.5. The summed E-state index contributed by atoms with van der Waals surface area (Å²) in [4.78, 5) is 28.4. The summed E-state index contributed by atoms with van der Waals surface area (Å²) >= 11 is 1.30. The predicted molar refractivity (Wildman–Crippen MR) is 88.8 cm³/mol. The molecule has 3 rings (SSSR count). The van der Waals surface area contributed by atoms with E-state index in [1.807, 2.05) is 6.07 Å². The first-order valence-electron chi connectivity index (χ1n) is 7.06. The fourth-order valence-corrected chi connectivity index (χ4v) is 2.92. The zero-order valence-electron chi connectivity index (χ0n) is 12.7. The molecule has 1 aromatic carbocycles. The van der Waals surface area contributed by atoms with E-state index in [0.29, 0.717) is 11.6 Å². The Labute approximate surface area is 140 Å². The minimum Gasteiger partial charge on any atom is -0.296 e. The Morgan fingerprint density at radius 2 is 2.17 bits per heavy atom. The minimum absolute atomic E-state index is 0.124. The van der Waals surface area contributed by atoms with Crippen LogP contribution >= 0.6 is 11.3 Å². The van der Waals surface area contributed by atoms with Gasteiger partial charge in [-0.15, -0.1) is 11.3 Å². The fourth-order valence-electron chi connectivity index (χ4n) is 2.08. The van der Waals surface area contributed by atoms with Gasteiger partial charge in [0.05, 0.1) is 0 Å². The van der Waals surface area contributed by atoms with Crippen molar-refractivity contribution >= 4 is 22.4 Å². The number of amides is 1. The van der Waals surface area contributed by atoms with Gasteiger partial charge in [0.1, 0.15) is 11.5 Å². The summed E-state index contributed by atoms with van der Waals surface area (Å²) in [7, 11) is 1.47. The van der Waals surface area contributed by atoms with Gasteiger partial charge >= 0.3 is 0 Å². The number of carbonyl (C=O) groups is 1.